The maximum atomic E-state index is 13.0. The van der Waals surface area contributed by atoms with E-state index in [1.54, 1.807) is 29.6 Å². The summed E-state index contributed by atoms with van der Waals surface area (Å²) in [4.78, 5) is 16.7. The lowest BCUT2D eigenvalue weighted by molar-refractivity contribution is -0.137. The SMILES string of the molecule is CCOc1cc(/C=N\NC(=O)Cc2csc(Nc3cccc(C(F)(F)F)c3)n2)c(Br)cc1OCc1ccccc1C#N. The summed E-state index contributed by atoms with van der Waals surface area (Å²) in [6, 6.07) is 17.5. The molecule has 1 amide bonds. The Bertz CT molecular complexity index is 1640. The molecule has 0 spiro atoms. The Labute approximate surface area is 251 Å². The lowest BCUT2D eigenvalue weighted by Gasteiger charge is -2.14. The van der Waals surface area contributed by atoms with Gasteiger partial charge in [0.15, 0.2) is 16.6 Å². The van der Waals surface area contributed by atoms with Crippen LogP contribution in [0.15, 0.2) is 75.6 Å². The van der Waals surface area contributed by atoms with Gasteiger partial charge in [0.1, 0.15) is 6.61 Å². The predicted octanol–water partition coefficient (Wildman–Crippen LogP) is 7.21. The van der Waals surface area contributed by atoms with Crippen LogP contribution in [0.5, 0.6) is 11.5 Å². The van der Waals surface area contributed by atoms with Crippen molar-refractivity contribution in [1.29, 1.82) is 5.26 Å². The van der Waals surface area contributed by atoms with Gasteiger partial charge in [-0.2, -0.15) is 23.5 Å². The minimum absolute atomic E-state index is 0.0829. The van der Waals surface area contributed by atoms with Crippen LogP contribution < -0.4 is 20.2 Å². The second-order valence-electron chi connectivity index (χ2n) is 8.63. The van der Waals surface area contributed by atoms with Crippen molar-refractivity contribution in [3.05, 3.63) is 98.5 Å². The summed E-state index contributed by atoms with van der Waals surface area (Å²) >= 11 is 4.65. The van der Waals surface area contributed by atoms with Gasteiger partial charge in [-0.1, -0.05) is 24.3 Å². The van der Waals surface area contributed by atoms with Gasteiger partial charge in [-0.25, -0.2) is 10.4 Å². The first-order valence-electron chi connectivity index (χ1n) is 12.4. The van der Waals surface area contributed by atoms with Gasteiger partial charge in [-0.3, -0.25) is 4.79 Å². The molecule has 42 heavy (non-hydrogen) atoms. The summed E-state index contributed by atoms with van der Waals surface area (Å²) < 4.78 is 51.2. The van der Waals surface area contributed by atoms with E-state index in [2.05, 4.69) is 42.8 Å². The molecular weight excluding hydrogens is 635 g/mol. The third-order valence-corrected chi connectivity index (χ3v) is 7.10. The standard InChI is InChI=1S/C29H23BrF3N5O3S/c1-2-40-25-10-20(24(30)13-26(25)41-16-19-7-4-3-6-18(19)14-34)15-35-38-27(39)12-23-17-42-28(37-23)36-22-9-5-8-21(11-22)29(31,32)33/h3-11,13,15,17H,2,12,16H2,1H3,(H,36,37)(H,38,39)/b35-15-. The monoisotopic (exact) mass is 657 g/mol. The fraction of sp³-hybridized carbons (Fsp3) is 0.172. The quantitative estimate of drug-likeness (QED) is 0.130. The number of hydrazone groups is 1. The third kappa shape index (κ3) is 8.31. The third-order valence-electron chi connectivity index (χ3n) is 5.61. The Hall–Kier alpha value is -4.41. The largest absolute Gasteiger partial charge is 0.490 e. The highest BCUT2D eigenvalue weighted by molar-refractivity contribution is 9.10. The van der Waals surface area contributed by atoms with Crippen molar-refractivity contribution in [2.45, 2.75) is 26.1 Å². The molecule has 3 aromatic carbocycles. The van der Waals surface area contributed by atoms with Gasteiger partial charge in [-0.05, 0) is 59.3 Å². The fourth-order valence-corrected chi connectivity index (χ4v) is 4.82. The molecule has 0 aliphatic heterocycles. The number of anilines is 2. The Morgan fingerprint density at radius 2 is 1.93 bits per heavy atom. The van der Waals surface area contributed by atoms with Crippen molar-refractivity contribution in [2.24, 2.45) is 5.10 Å². The Morgan fingerprint density at radius 3 is 2.69 bits per heavy atom. The minimum Gasteiger partial charge on any atom is -0.490 e. The maximum absolute atomic E-state index is 13.0. The van der Waals surface area contributed by atoms with E-state index < -0.39 is 17.6 Å². The molecule has 4 rings (SSSR count). The lowest BCUT2D eigenvalue weighted by Crippen LogP contribution is -2.20. The van der Waals surface area contributed by atoms with E-state index in [4.69, 9.17) is 9.47 Å². The normalized spacial score (nSPS) is 11.2. The molecule has 0 radical (unpaired) electrons. The van der Waals surface area contributed by atoms with Gasteiger partial charge in [0.2, 0.25) is 5.91 Å². The molecule has 0 atom stereocenters. The van der Waals surface area contributed by atoms with Gasteiger partial charge < -0.3 is 14.8 Å². The van der Waals surface area contributed by atoms with E-state index >= 15 is 0 Å². The molecule has 0 aliphatic rings. The molecule has 8 nitrogen and oxygen atoms in total. The molecule has 0 fully saturated rings. The predicted molar refractivity (Wildman–Crippen MR) is 157 cm³/mol. The number of alkyl halides is 3. The van der Waals surface area contributed by atoms with Gasteiger partial charge in [0, 0.05) is 26.7 Å². The minimum atomic E-state index is -4.45. The van der Waals surface area contributed by atoms with E-state index in [1.165, 1.54) is 18.3 Å². The average molecular weight is 658 g/mol. The van der Waals surface area contributed by atoms with Crippen LogP contribution >= 0.6 is 27.3 Å². The lowest BCUT2D eigenvalue weighted by atomic mass is 10.1. The number of benzene rings is 3. The number of ether oxygens (including phenoxy) is 2. The maximum Gasteiger partial charge on any atom is 0.416 e. The second-order valence-corrected chi connectivity index (χ2v) is 10.3. The van der Waals surface area contributed by atoms with Crippen molar-refractivity contribution in [3.8, 4) is 17.6 Å². The zero-order chi connectivity index (χ0) is 30.1. The van der Waals surface area contributed by atoms with E-state index in [0.29, 0.717) is 44.5 Å². The Kier molecular flexibility index (Phi) is 10.2. The van der Waals surface area contributed by atoms with E-state index in [9.17, 15) is 23.2 Å². The number of carbonyl (C=O) groups excluding carboxylic acids is 1. The fourth-order valence-electron chi connectivity index (χ4n) is 3.66. The number of nitrogens with zero attached hydrogens (tertiary/aromatic N) is 3. The van der Waals surface area contributed by atoms with Crippen LogP contribution in [0, 0.1) is 11.3 Å². The number of thiazole rings is 1. The van der Waals surface area contributed by atoms with Crippen LogP contribution in [0.4, 0.5) is 24.0 Å². The van der Waals surface area contributed by atoms with Crippen LogP contribution in [0.2, 0.25) is 0 Å². The number of hydrogen-bond donors (Lipinski definition) is 2. The van der Waals surface area contributed by atoms with Crippen LogP contribution in [0.3, 0.4) is 0 Å². The number of nitriles is 1. The van der Waals surface area contributed by atoms with Crippen molar-refractivity contribution >= 4 is 50.2 Å². The van der Waals surface area contributed by atoms with E-state index in [0.717, 1.165) is 29.0 Å². The highest BCUT2D eigenvalue weighted by Crippen LogP contribution is 2.34. The zero-order valence-electron chi connectivity index (χ0n) is 22.0. The smallest absolute Gasteiger partial charge is 0.416 e. The summed E-state index contributed by atoms with van der Waals surface area (Å²) in [5, 5.41) is 18.1. The molecule has 0 saturated carbocycles. The topological polar surface area (TPSA) is 109 Å². The van der Waals surface area contributed by atoms with Gasteiger partial charge in [0.05, 0.1) is 42.1 Å². The molecule has 0 saturated heterocycles. The van der Waals surface area contributed by atoms with Crippen molar-refractivity contribution in [1.82, 2.24) is 10.4 Å². The average Bonchev–Trinajstić information content (AvgIpc) is 3.39. The number of amides is 1. The summed E-state index contributed by atoms with van der Waals surface area (Å²) in [6.45, 7) is 2.40. The van der Waals surface area contributed by atoms with E-state index in [1.807, 2.05) is 19.1 Å². The summed E-state index contributed by atoms with van der Waals surface area (Å²) in [5.74, 6) is 0.501. The van der Waals surface area contributed by atoms with E-state index in [-0.39, 0.29) is 18.7 Å². The van der Waals surface area contributed by atoms with Gasteiger partial charge >= 0.3 is 6.18 Å². The van der Waals surface area contributed by atoms with Crippen LogP contribution in [-0.2, 0) is 24.0 Å². The first-order valence-corrected chi connectivity index (χ1v) is 14.1. The zero-order valence-corrected chi connectivity index (χ0v) is 24.4. The first-order chi connectivity index (χ1) is 20.2. The van der Waals surface area contributed by atoms with Crippen molar-refractivity contribution in [2.75, 3.05) is 11.9 Å². The van der Waals surface area contributed by atoms with Gasteiger partial charge in [0.25, 0.3) is 0 Å². The molecule has 1 aromatic heterocycles. The van der Waals surface area contributed by atoms with Crippen LogP contribution in [-0.4, -0.2) is 23.7 Å². The number of aromatic nitrogens is 1. The molecule has 13 heteroatoms. The number of hydrogen-bond acceptors (Lipinski definition) is 8. The summed E-state index contributed by atoms with van der Waals surface area (Å²) in [7, 11) is 0. The number of carbonyl (C=O) groups is 1. The molecule has 0 aliphatic carbocycles. The van der Waals surface area contributed by atoms with Gasteiger partial charge in [-0.15, -0.1) is 11.3 Å². The number of nitrogens with one attached hydrogen (secondary N) is 2. The summed E-state index contributed by atoms with van der Waals surface area (Å²) in [6.07, 6.45) is -3.09. The highest BCUT2D eigenvalue weighted by Gasteiger charge is 2.30. The Balaban J connectivity index is 1.35. The number of halogens is 4. The molecule has 0 unspecified atom stereocenters. The number of rotatable bonds is 11. The molecule has 2 N–H and O–H groups in total. The Morgan fingerprint density at radius 1 is 1.14 bits per heavy atom. The summed E-state index contributed by atoms with van der Waals surface area (Å²) in [5.41, 5.74) is 4.22. The van der Waals surface area contributed by atoms with Crippen LogP contribution in [0.25, 0.3) is 0 Å². The molecular formula is C29H23BrF3N5O3S. The molecule has 4 aromatic rings. The van der Waals surface area contributed by atoms with Crippen molar-refractivity contribution in [3.63, 3.8) is 0 Å². The molecule has 216 valence electrons. The second kappa shape index (κ2) is 14.0. The van der Waals surface area contributed by atoms with Crippen molar-refractivity contribution < 1.29 is 27.4 Å². The highest BCUT2D eigenvalue weighted by atomic mass is 79.9. The first kappa shape index (κ1) is 30.5. The molecule has 0 bridgehead atoms. The van der Waals surface area contributed by atoms with Crippen LogP contribution in [0.1, 0.15) is 34.9 Å². The molecule has 1 heterocycles.